The minimum atomic E-state index is -0.114. The summed E-state index contributed by atoms with van der Waals surface area (Å²) in [6.07, 6.45) is 14.7. The van der Waals surface area contributed by atoms with Crippen molar-refractivity contribution in [2.45, 2.75) is 105 Å². The number of hydrogen-bond acceptors (Lipinski definition) is 4. The van der Waals surface area contributed by atoms with Gasteiger partial charge in [0.1, 0.15) is 0 Å². The van der Waals surface area contributed by atoms with Gasteiger partial charge in [0.2, 0.25) is 0 Å². The average Bonchev–Trinajstić information content (AvgIpc) is 4.00. The van der Waals surface area contributed by atoms with Crippen molar-refractivity contribution in [3.05, 3.63) is 129 Å². The molecular formula is C54H54N6Zn. The first-order valence-electron chi connectivity index (χ1n) is 20.7. The molecule has 3 aromatic heterocycles. The third-order valence-corrected chi connectivity index (χ3v) is 11.2. The van der Waals surface area contributed by atoms with Gasteiger partial charge in [0.15, 0.2) is 0 Å². The zero-order chi connectivity index (χ0) is 43.4. The molecule has 0 fully saturated rings. The number of rotatable bonds is 4. The van der Waals surface area contributed by atoms with E-state index in [-0.39, 0.29) is 41.1 Å². The summed E-state index contributed by atoms with van der Waals surface area (Å²) in [6, 6.07) is 26.2. The van der Waals surface area contributed by atoms with Gasteiger partial charge in [-0.05, 0) is 114 Å². The van der Waals surface area contributed by atoms with E-state index in [1.807, 2.05) is 48.6 Å². The topological polar surface area (TPSA) is 102 Å². The Morgan fingerprint density at radius 3 is 1.03 bits per heavy atom. The van der Waals surface area contributed by atoms with E-state index in [9.17, 15) is 10.5 Å². The number of hydrogen-bond donors (Lipinski definition) is 0. The van der Waals surface area contributed by atoms with Crippen LogP contribution in [0.3, 0.4) is 0 Å². The summed E-state index contributed by atoms with van der Waals surface area (Å²) in [5, 5.41) is 19.6. The largest absolute Gasteiger partial charge is 2.00 e. The Morgan fingerprint density at radius 1 is 0.443 bits per heavy atom. The van der Waals surface area contributed by atoms with E-state index in [1.54, 1.807) is 12.2 Å². The van der Waals surface area contributed by atoms with Gasteiger partial charge in [-0.25, -0.2) is 9.97 Å². The summed E-state index contributed by atoms with van der Waals surface area (Å²) in [7, 11) is 0. The second-order valence-corrected chi connectivity index (χ2v) is 20.0. The van der Waals surface area contributed by atoms with Crippen LogP contribution < -0.4 is 9.97 Å². The van der Waals surface area contributed by atoms with Crippen LogP contribution in [-0.4, -0.2) is 9.97 Å². The summed E-state index contributed by atoms with van der Waals surface area (Å²) >= 11 is 0. The summed E-state index contributed by atoms with van der Waals surface area (Å²) in [6.45, 7) is 26.8. The van der Waals surface area contributed by atoms with E-state index in [0.717, 1.165) is 55.8 Å². The Morgan fingerprint density at radius 2 is 0.738 bits per heavy atom. The molecule has 5 heterocycles. The molecule has 0 saturated carbocycles. The fraction of sp³-hybridized carbons (Fsp3) is 0.296. The summed E-state index contributed by atoms with van der Waals surface area (Å²) in [4.78, 5) is 21.3. The molecular weight excluding hydrogens is 798 g/mol. The molecule has 0 spiro atoms. The maximum Gasteiger partial charge on any atom is 2.00 e. The molecule has 2 aromatic carbocycles. The zero-order valence-corrected chi connectivity index (χ0v) is 40.7. The van der Waals surface area contributed by atoms with E-state index < -0.39 is 0 Å². The predicted octanol–water partition coefficient (Wildman–Crippen LogP) is 13.5. The van der Waals surface area contributed by atoms with Gasteiger partial charge in [0.05, 0.1) is 34.9 Å². The van der Waals surface area contributed by atoms with Crippen molar-refractivity contribution < 1.29 is 19.5 Å². The fourth-order valence-corrected chi connectivity index (χ4v) is 7.58. The van der Waals surface area contributed by atoms with E-state index in [1.165, 1.54) is 34.4 Å². The summed E-state index contributed by atoms with van der Waals surface area (Å²) < 4.78 is 0. The molecule has 61 heavy (non-hydrogen) atoms. The Bertz CT molecular complexity index is 2660. The monoisotopic (exact) mass is 850 g/mol. The van der Waals surface area contributed by atoms with Gasteiger partial charge in [0, 0.05) is 12.2 Å². The number of aromatic nitrogens is 4. The molecule has 0 amide bonds. The molecule has 0 N–H and O–H groups in total. The van der Waals surface area contributed by atoms with Crippen LogP contribution in [-0.2, 0) is 41.1 Å². The molecule has 2 aliphatic rings. The maximum atomic E-state index is 9.78. The molecule has 0 radical (unpaired) electrons. The van der Waals surface area contributed by atoms with Crippen molar-refractivity contribution in [1.29, 1.82) is 10.5 Å². The zero-order valence-electron chi connectivity index (χ0n) is 37.8. The predicted molar refractivity (Wildman–Crippen MR) is 252 cm³/mol. The van der Waals surface area contributed by atoms with Crippen LogP contribution in [0.4, 0.5) is 0 Å². The fourth-order valence-electron chi connectivity index (χ4n) is 7.58. The number of fused-ring (bicyclic) bond motifs is 8. The standard InChI is InChI=1S/C54H54N6.Zn/c1-51(2,3)35-27-33(28-36(31-35)52(4,5)6)49-45-21-17-41(57-45)39(15-13-25-55)43-19-23-47(59-43)50(34-29-37(53(7,8)9)32-38(30-34)54(10,11)12)48-24-20-44(60-48)40(16-14-26-56)42-18-22-46(49)58-42;/h13-24,27-32H,1-12H3;/q-2;+2/b15-13+,16-14+,41-39?,42-40?,43-39?,44-40?,49-45?,49-46?,50-47?,50-48?;. The summed E-state index contributed by atoms with van der Waals surface area (Å²) in [5.41, 5.74) is 15.5. The van der Waals surface area contributed by atoms with Crippen LogP contribution >= 0.6 is 0 Å². The van der Waals surface area contributed by atoms with Crippen LogP contribution in [0, 0.1) is 22.7 Å². The van der Waals surface area contributed by atoms with Crippen LogP contribution in [0.1, 0.15) is 139 Å². The van der Waals surface area contributed by atoms with E-state index in [0.29, 0.717) is 22.4 Å². The Kier molecular flexibility index (Phi) is 12.1. The van der Waals surface area contributed by atoms with Gasteiger partial charge >= 0.3 is 19.5 Å². The Balaban J connectivity index is 0.00000622. The van der Waals surface area contributed by atoms with Gasteiger partial charge < -0.3 is 9.97 Å². The second-order valence-electron chi connectivity index (χ2n) is 20.0. The molecule has 302 valence electrons. The third kappa shape index (κ3) is 9.24. The van der Waals surface area contributed by atoms with Gasteiger partial charge in [0.25, 0.3) is 0 Å². The van der Waals surface area contributed by atoms with Gasteiger partial charge in [-0.15, -0.1) is 22.1 Å². The van der Waals surface area contributed by atoms with Gasteiger partial charge in [-0.1, -0.05) is 144 Å². The second kappa shape index (κ2) is 16.5. The molecule has 5 aromatic rings. The first-order valence-corrected chi connectivity index (χ1v) is 20.7. The SMILES string of the molecule is CC(C)(C)c1cc(-c2c3nc(c(/C=C/C#N)c4ccc([n-]4)c(-c4cc(C(C)(C)C)cc(C(C)(C)C)c4)c4nc(c(/C=C/C#N)c5ccc2[n-]5)C=C4)C=C3)cc(C(C)(C)C)c1.[Zn+2]. The van der Waals surface area contributed by atoms with Crippen LogP contribution in [0.5, 0.6) is 0 Å². The number of nitriles is 2. The minimum absolute atomic E-state index is 0. The molecule has 0 aliphatic carbocycles. The molecule has 0 unspecified atom stereocenters. The number of nitrogens with zero attached hydrogens (tertiary/aromatic N) is 6. The Labute approximate surface area is 374 Å². The van der Waals surface area contributed by atoms with Crippen LogP contribution in [0.15, 0.2) is 72.8 Å². The third-order valence-electron chi connectivity index (χ3n) is 11.2. The first kappa shape index (κ1) is 44.7. The van der Waals surface area contributed by atoms with Crippen molar-refractivity contribution >= 4 is 58.5 Å². The molecule has 7 heteroatoms. The summed E-state index contributed by atoms with van der Waals surface area (Å²) in [5.74, 6) is 0. The van der Waals surface area contributed by atoms with E-state index in [2.05, 4.69) is 132 Å². The smallest absolute Gasteiger partial charge is 0.657 e. The van der Waals surface area contributed by atoms with E-state index in [4.69, 9.17) is 19.9 Å². The quantitative estimate of drug-likeness (QED) is 0.129. The normalized spacial score (nSPS) is 13.1. The minimum Gasteiger partial charge on any atom is -0.657 e. The van der Waals surface area contributed by atoms with Crippen molar-refractivity contribution in [1.82, 2.24) is 19.9 Å². The van der Waals surface area contributed by atoms with E-state index >= 15 is 0 Å². The van der Waals surface area contributed by atoms with Gasteiger partial charge in [-0.2, -0.15) is 10.5 Å². The van der Waals surface area contributed by atoms with Crippen molar-refractivity contribution in [3.8, 4) is 34.4 Å². The molecule has 0 atom stereocenters. The van der Waals surface area contributed by atoms with Gasteiger partial charge in [-0.3, -0.25) is 0 Å². The average molecular weight is 852 g/mol. The molecule has 0 saturated heterocycles. The van der Waals surface area contributed by atoms with Crippen LogP contribution in [0.2, 0.25) is 0 Å². The van der Waals surface area contributed by atoms with Crippen molar-refractivity contribution in [3.63, 3.8) is 0 Å². The Hall–Kier alpha value is -5.88. The molecule has 7 rings (SSSR count). The van der Waals surface area contributed by atoms with Crippen molar-refractivity contribution in [2.24, 2.45) is 0 Å². The van der Waals surface area contributed by atoms with Crippen molar-refractivity contribution in [2.75, 3.05) is 0 Å². The first-order chi connectivity index (χ1) is 28.1. The molecule has 2 aliphatic heterocycles. The number of benzene rings is 2. The number of allylic oxidation sites excluding steroid dienone is 2. The molecule has 6 nitrogen and oxygen atoms in total. The molecule has 8 bridgehead atoms. The van der Waals surface area contributed by atoms with Crippen LogP contribution in [0.25, 0.3) is 80.8 Å². The maximum absolute atomic E-state index is 9.78.